The molecule has 2 fully saturated rings. The van der Waals surface area contributed by atoms with Crippen LogP contribution in [0.2, 0.25) is 0 Å². The van der Waals surface area contributed by atoms with Gasteiger partial charge in [-0.2, -0.15) is 4.98 Å². The molecule has 10 nitrogen and oxygen atoms in total. The van der Waals surface area contributed by atoms with Gasteiger partial charge in [0.25, 0.3) is 0 Å². The van der Waals surface area contributed by atoms with Crippen LogP contribution in [0.15, 0.2) is 12.5 Å². The number of hydrogen-bond acceptors (Lipinski definition) is 8. The maximum absolute atomic E-state index is 11.2. The molecule has 2 aliphatic rings. The molecule has 1 saturated carbocycles. The second-order valence-electron chi connectivity index (χ2n) is 6.23. The second-order valence-corrected chi connectivity index (χ2v) is 6.23. The Bertz CT molecular complexity index is 772. The molecule has 0 spiro atoms. The average Bonchev–Trinajstić information content (AvgIpc) is 3.07. The minimum atomic E-state index is -0.446. The van der Waals surface area contributed by atoms with Crippen LogP contribution in [0.3, 0.4) is 0 Å². The van der Waals surface area contributed by atoms with E-state index in [9.17, 15) is 10.1 Å². The molecule has 24 heavy (non-hydrogen) atoms. The van der Waals surface area contributed by atoms with Gasteiger partial charge in [-0.05, 0) is 25.7 Å². The zero-order valence-corrected chi connectivity index (χ0v) is 13.3. The van der Waals surface area contributed by atoms with E-state index in [4.69, 9.17) is 0 Å². The molecule has 2 aromatic rings. The fourth-order valence-corrected chi connectivity index (χ4v) is 3.03. The van der Waals surface area contributed by atoms with Gasteiger partial charge in [0, 0.05) is 19.6 Å². The number of nitro groups is 1. The van der Waals surface area contributed by atoms with E-state index >= 15 is 0 Å². The van der Waals surface area contributed by atoms with Crippen molar-refractivity contribution in [2.75, 3.05) is 16.8 Å². The SMILES string of the molecule is Cn1cnnc1[C@@H]1CCCN1c1ncc([N+](=O)[O-])c(NC2CC2)n1. The molecule has 0 unspecified atom stereocenters. The Morgan fingerprint density at radius 3 is 2.88 bits per heavy atom. The standard InChI is InChI=1S/C14H18N8O2/c1-20-8-16-19-13(20)10-3-2-6-21(10)14-15-7-11(22(23)24)12(18-14)17-9-4-5-9/h7-10H,2-6H2,1H3,(H,15,17,18)/t10-/m0/s1. The first-order valence-electron chi connectivity index (χ1n) is 8.02. The highest BCUT2D eigenvalue weighted by atomic mass is 16.6. The molecule has 3 heterocycles. The third-order valence-electron chi connectivity index (χ3n) is 4.43. The first-order valence-corrected chi connectivity index (χ1v) is 8.02. The predicted octanol–water partition coefficient (Wildman–Crippen LogP) is 1.43. The zero-order chi connectivity index (χ0) is 16.7. The Morgan fingerprint density at radius 2 is 2.21 bits per heavy atom. The lowest BCUT2D eigenvalue weighted by atomic mass is 10.2. The quantitative estimate of drug-likeness (QED) is 0.646. The summed E-state index contributed by atoms with van der Waals surface area (Å²) in [7, 11) is 1.91. The van der Waals surface area contributed by atoms with E-state index in [1.807, 2.05) is 16.5 Å². The topological polar surface area (TPSA) is 115 Å². The molecule has 0 radical (unpaired) electrons. The van der Waals surface area contributed by atoms with Gasteiger partial charge in [-0.1, -0.05) is 0 Å². The lowest BCUT2D eigenvalue weighted by Crippen LogP contribution is -2.27. The molecule has 1 aliphatic heterocycles. The van der Waals surface area contributed by atoms with Crippen molar-refractivity contribution in [3.63, 3.8) is 0 Å². The summed E-state index contributed by atoms with van der Waals surface area (Å²) < 4.78 is 1.89. The van der Waals surface area contributed by atoms with Crippen molar-refractivity contribution < 1.29 is 4.92 Å². The summed E-state index contributed by atoms with van der Waals surface area (Å²) >= 11 is 0. The van der Waals surface area contributed by atoms with Crippen LogP contribution in [0.5, 0.6) is 0 Å². The largest absolute Gasteiger partial charge is 0.361 e. The molecule has 0 amide bonds. The van der Waals surface area contributed by atoms with E-state index in [-0.39, 0.29) is 17.8 Å². The minimum absolute atomic E-state index is 0.0349. The normalized spacial score (nSPS) is 20.4. The molecule has 0 bridgehead atoms. The van der Waals surface area contributed by atoms with Crippen molar-refractivity contribution in [3.8, 4) is 0 Å². The van der Waals surface area contributed by atoms with Crippen molar-refractivity contribution in [3.05, 3.63) is 28.5 Å². The molecule has 2 aromatic heterocycles. The Kier molecular flexibility index (Phi) is 3.51. The van der Waals surface area contributed by atoms with Gasteiger partial charge in [0.2, 0.25) is 11.8 Å². The van der Waals surface area contributed by atoms with Crippen LogP contribution in [-0.4, -0.2) is 42.2 Å². The Hall–Kier alpha value is -2.78. The number of rotatable bonds is 5. The third-order valence-corrected chi connectivity index (χ3v) is 4.43. The summed E-state index contributed by atoms with van der Waals surface area (Å²) in [5.74, 6) is 1.65. The van der Waals surface area contributed by atoms with Gasteiger partial charge in [0.1, 0.15) is 12.5 Å². The van der Waals surface area contributed by atoms with Crippen molar-refractivity contribution in [1.82, 2.24) is 24.7 Å². The van der Waals surface area contributed by atoms with Crippen molar-refractivity contribution >= 4 is 17.5 Å². The number of hydrogen-bond donors (Lipinski definition) is 1. The van der Waals surface area contributed by atoms with Crippen molar-refractivity contribution in [2.24, 2.45) is 7.05 Å². The summed E-state index contributed by atoms with van der Waals surface area (Å²) in [5.41, 5.74) is -0.0833. The Morgan fingerprint density at radius 1 is 1.38 bits per heavy atom. The monoisotopic (exact) mass is 330 g/mol. The summed E-state index contributed by atoms with van der Waals surface area (Å²) in [5, 5.41) is 22.5. The molecule has 4 rings (SSSR count). The summed E-state index contributed by atoms with van der Waals surface area (Å²) in [6.45, 7) is 0.790. The van der Waals surface area contributed by atoms with Gasteiger partial charge in [0.05, 0.1) is 11.0 Å². The van der Waals surface area contributed by atoms with Crippen LogP contribution >= 0.6 is 0 Å². The number of aromatic nitrogens is 5. The first-order chi connectivity index (χ1) is 11.6. The Labute approximate surface area is 138 Å². The molecular weight excluding hydrogens is 312 g/mol. The van der Waals surface area contributed by atoms with Gasteiger partial charge in [-0.3, -0.25) is 10.1 Å². The smallest absolute Gasteiger partial charge is 0.329 e. The fraction of sp³-hybridized carbons (Fsp3) is 0.571. The van der Waals surface area contributed by atoms with Gasteiger partial charge in [-0.25, -0.2) is 4.98 Å². The van der Waals surface area contributed by atoms with Gasteiger partial charge >= 0.3 is 5.69 Å². The highest BCUT2D eigenvalue weighted by molar-refractivity contribution is 5.58. The van der Waals surface area contributed by atoms with E-state index in [2.05, 4.69) is 25.5 Å². The van der Waals surface area contributed by atoms with Crippen LogP contribution in [0, 0.1) is 10.1 Å². The average molecular weight is 330 g/mol. The number of aryl methyl sites for hydroxylation is 1. The molecule has 1 atom stereocenters. The van der Waals surface area contributed by atoms with Gasteiger partial charge in [-0.15, -0.1) is 10.2 Å². The van der Waals surface area contributed by atoms with Gasteiger partial charge in [0.15, 0.2) is 5.82 Å². The lowest BCUT2D eigenvalue weighted by Gasteiger charge is -2.24. The third kappa shape index (κ3) is 2.63. The zero-order valence-electron chi connectivity index (χ0n) is 13.3. The molecular formula is C14H18N8O2. The maximum Gasteiger partial charge on any atom is 0.329 e. The van der Waals surface area contributed by atoms with Crippen LogP contribution < -0.4 is 10.2 Å². The van der Waals surface area contributed by atoms with Crippen LogP contribution in [0.1, 0.15) is 37.5 Å². The summed E-state index contributed by atoms with van der Waals surface area (Å²) in [6.07, 6.45) is 6.91. The van der Waals surface area contributed by atoms with E-state index in [1.165, 1.54) is 6.20 Å². The first kappa shape index (κ1) is 14.8. The van der Waals surface area contributed by atoms with Crippen LogP contribution in [0.25, 0.3) is 0 Å². The minimum Gasteiger partial charge on any atom is -0.361 e. The Balaban J connectivity index is 1.67. The molecule has 126 valence electrons. The molecule has 10 heteroatoms. The van der Waals surface area contributed by atoms with Crippen LogP contribution in [0.4, 0.5) is 17.5 Å². The van der Waals surface area contributed by atoms with E-state index in [0.29, 0.717) is 11.8 Å². The highest BCUT2D eigenvalue weighted by Crippen LogP contribution is 2.35. The maximum atomic E-state index is 11.2. The van der Waals surface area contributed by atoms with Crippen molar-refractivity contribution in [1.29, 1.82) is 0 Å². The van der Waals surface area contributed by atoms with Crippen molar-refractivity contribution in [2.45, 2.75) is 37.8 Å². The predicted molar refractivity (Wildman–Crippen MR) is 85.7 cm³/mol. The lowest BCUT2D eigenvalue weighted by molar-refractivity contribution is -0.384. The summed E-state index contributed by atoms with van der Waals surface area (Å²) in [6, 6.07) is 0.312. The molecule has 1 saturated heterocycles. The molecule has 0 aromatic carbocycles. The number of anilines is 2. The molecule has 1 N–H and O–H groups in total. The fourth-order valence-electron chi connectivity index (χ4n) is 3.03. The number of nitrogens with zero attached hydrogens (tertiary/aromatic N) is 7. The number of nitrogens with one attached hydrogen (secondary N) is 1. The van der Waals surface area contributed by atoms with E-state index < -0.39 is 4.92 Å². The van der Waals surface area contributed by atoms with E-state index in [0.717, 1.165) is 38.1 Å². The van der Waals surface area contributed by atoms with Gasteiger partial charge < -0.3 is 14.8 Å². The molecule has 1 aliphatic carbocycles. The van der Waals surface area contributed by atoms with E-state index in [1.54, 1.807) is 6.33 Å². The highest BCUT2D eigenvalue weighted by Gasteiger charge is 2.33. The van der Waals surface area contributed by atoms with Crippen LogP contribution in [-0.2, 0) is 7.05 Å². The summed E-state index contributed by atoms with van der Waals surface area (Å²) in [4.78, 5) is 21.5. The second kappa shape index (κ2) is 5.69.